The molecule has 0 aliphatic carbocycles. The molecule has 0 saturated heterocycles. The van der Waals surface area contributed by atoms with Gasteiger partial charge in [0.25, 0.3) is 5.92 Å². The molecule has 1 aromatic heterocycles. The van der Waals surface area contributed by atoms with Crippen LogP contribution in [0.3, 0.4) is 0 Å². The van der Waals surface area contributed by atoms with Gasteiger partial charge in [-0.25, -0.2) is 8.78 Å². The first kappa shape index (κ1) is 9.31. The van der Waals surface area contributed by atoms with Crippen molar-refractivity contribution in [2.45, 2.75) is 19.3 Å². The molecule has 0 spiro atoms. The van der Waals surface area contributed by atoms with Crippen LogP contribution in [0.4, 0.5) is 13.9 Å². The maximum atomic E-state index is 12.6. The van der Waals surface area contributed by atoms with Crippen LogP contribution in [0.1, 0.15) is 13.3 Å². The van der Waals surface area contributed by atoms with E-state index in [4.69, 9.17) is 0 Å². The quantitative estimate of drug-likeness (QED) is 0.794. The molecule has 68 valence electrons. The van der Waals surface area contributed by atoms with E-state index < -0.39 is 5.92 Å². The van der Waals surface area contributed by atoms with Crippen molar-refractivity contribution in [1.29, 1.82) is 0 Å². The molecule has 0 aromatic carbocycles. The summed E-state index contributed by atoms with van der Waals surface area (Å²) in [5.41, 5.74) is 1.49. The number of halogens is 2. The molecule has 1 rings (SSSR count). The molecule has 12 heavy (non-hydrogen) atoms. The van der Waals surface area contributed by atoms with Crippen molar-refractivity contribution >= 4 is 16.5 Å². The Morgan fingerprint density at radius 3 is 2.92 bits per heavy atom. The molecule has 1 N–H and O–H groups in total. The normalized spacial score (nSPS) is 11.6. The van der Waals surface area contributed by atoms with Crippen LogP contribution in [-0.2, 0) is 0 Å². The second-order valence-electron chi connectivity index (χ2n) is 2.31. The smallest absolute Gasteiger partial charge is 0.264 e. The van der Waals surface area contributed by atoms with Gasteiger partial charge in [0.1, 0.15) is 5.51 Å². The minimum atomic E-state index is -2.66. The maximum Gasteiger partial charge on any atom is 0.264 e. The van der Waals surface area contributed by atoms with Crippen LogP contribution in [-0.4, -0.2) is 22.7 Å². The zero-order chi connectivity index (χ0) is 9.03. The maximum absolute atomic E-state index is 12.6. The highest BCUT2D eigenvalue weighted by atomic mass is 32.1. The molecule has 0 aliphatic rings. The Kier molecular flexibility index (Phi) is 2.91. The minimum Gasteiger partial charge on any atom is -0.354 e. The van der Waals surface area contributed by atoms with Gasteiger partial charge in [-0.3, -0.25) is 0 Å². The van der Waals surface area contributed by atoms with Gasteiger partial charge in [-0.1, -0.05) is 18.3 Å². The number of nitrogens with zero attached hydrogens (tertiary/aromatic N) is 2. The number of rotatable bonds is 4. The highest BCUT2D eigenvalue weighted by Gasteiger charge is 2.25. The highest BCUT2D eigenvalue weighted by Crippen LogP contribution is 2.19. The minimum absolute atomic E-state index is 0.168. The van der Waals surface area contributed by atoms with Crippen LogP contribution in [0.15, 0.2) is 5.51 Å². The summed E-state index contributed by atoms with van der Waals surface area (Å²) in [6, 6.07) is 0. The SMILES string of the molecule is CCC(F)(F)CNc1nncs1. The third-order valence-electron chi connectivity index (χ3n) is 1.38. The fourth-order valence-electron chi connectivity index (χ4n) is 0.580. The Balaban J connectivity index is 2.36. The zero-order valence-electron chi connectivity index (χ0n) is 6.55. The van der Waals surface area contributed by atoms with Gasteiger partial charge in [0.05, 0.1) is 6.54 Å². The lowest BCUT2D eigenvalue weighted by Gasteiger charge is -2.13. The van der Waals surface area contributed by atoms with Crippen molar-refractivity contribution in [2.75, 3.05) is 11.9 Å². The number of hydrogen-bond donors (Lipinski definition) is 1. The molecule has 0 atom stereocenters. The average molecular weight is 193 g/mol. The van der Waals surface area contributed by atoms with Crippen molar-refractivity contribution in [3.05, 3.63) is 5.51 Å². The van der Waals surface area contributed by atoms with E-state index in [9.17, 15) is 8.78 Å². The summed E-state index contributed by atoms with van der Waals surface area (Å²) in [7, 11) is 0. The van der Waals surface area contributed by atoms with Gasteiger partial charge in [-0.2, -0.15) is 0 Å². The lowest BCUT2D eigenvalue weighted by Crippen LogP contribution is -2.25. The van der Waals surface area contributed by atoms with E-state index in [0.717, 1.165) is 0 Å². The summed E-state index contributed by atoms with van der Waals surface area (Å²) in [4.78, 5) is 0. The standard InChI is InChI=1S/C6H9F2N3S/c1-2-6(7,8)3-9-5-11-10-4-12-5/h4H,2-3H2,1H3,(H,9,11). The number of hydrogen-bond acceptors (Lipinski definition) is 4. The third kappa shape index (κ3) is 2.69. The van der Waals surface area contributed by atoms with Crippen molar-refractivity contribution < 1.29 is 8.78 Å². The van der Waals surface area contributed by atoms with Crippen LogP contribution in [0, 0.1) is 0 Å². The molecule has 1 aromatic rings. The zero-order valence-corrected chi connectivity index (χ0v) is 7.37. The van der Waals surface area contributed by atoms with E-state index >= 15 is 0 Å². The Morgan fingerprint density at radius 1 is 1.67 bits per heavy atom. The predicted molar refractivity (Wildman–Crippen MR) is 43.6 cm³/mol. The summed E-state index contributed by atoms with van der Waals surface area (Å²) in [5.74, 6) is -2.66. The monoisotopic (exact) mass is 193 g/mol. The largest absolute Gasteiger partial charge is 0.354 e. The summed E-state index contributed by atoms with van der Waals surface area (Å²) in [6.07, 6.45) is -0.168. The van der Waals surface area contributed by atoms with E-state index in [1.807, 2.05) is 0 Å². The molecule has 0 radical (unpaired) electrons. The first-order chi connectivity index (χ1) is 5.64. The van der Waals surface area contributed by atoms with E-state index in [1.165, 1.54) is 23.8 Å². The van der Waals surface area contributed by atoms with Crippen LogP contribution < -0.4 is 5.32 Å². The molecular weight excluding hydrogens is 184 g/mol. The molecule has 0 aliphatic heterocycles. The molecule has 6 heteroatoms. The first-order valence-corrected chi connectivity index (χ1v) is 4.40. The van der Waals surface area contributed by atoms with Gasteiger partial charge < -0.3 is 5.32 Å². The van der Waals surface area contributed by atoms with Crippen molar-refractivity contribution in [1.82, 2.24) is 10.2 Å². The van der Waals surface area contributed by atoms with Gasteiger partial charge in [0.15, 0.2) is 0 Å². The fourth-order valence-corrected chi connectivity index (χ4v) is 1.02. The Morgan fingerprint density at radius 2 is 2.42 bits per heavy atom. The summed E-state index contributed by atoms with van der Waals surface area (Å²) in [6.45, 7) is 1.07. The van der Waals surface area contributed by atoms with Crippen molar-refractivity contribution in [3.8, 4) is 0 Å². The highest BCUT2D eigenvalue weighted by molar-refractivity contribution is 7.13. The van der Waals surface area contributed by atoms with Gasteiger partial charge in [0, 0.05) is 6.42 Å². The fraction of sp³-hybridized carbons (Fsp3) is 0.667. The number of anilines is 1. The molecule has 0 unspecified atom stereocenters. The molecule has 0 amide bonds. The molecule has 1 heterocycles. The topological polar surface area (TPSA) is 37.8 Å². The number of nitrogens with one attached hydrogen (secondary N) is 1. The van der Waals surface area contributed by atoms with E-state index in [2.05, 4.69) is 15.5 Å². The van der Waals surface area contributed by atoms with E-state index in [-0.39, 0.29) is 13.0 Å². The Labute approximate surface area is 72.8 Å². The lowest BCUT2D eigenvalue weighted by atomic mass is 10.3. The van der Waals surface area contributed by atoms with Crippen LogP contribution >= 0.6 is 11.3 Å². The molecule has 0 fully saturated rings. The van der Waals surface area contributed by atoms with E-state index in [1.54, 1.807) is 0 Å². The Hall–Kier alpha value is -0.780. The Bertz CT molecular complexity index is 225. The molecular formula is C6H9F2N3S. The second kappa shape index (κ2) is 3.75. The lowest BCUT2D eigenvalue weighted by molar-refractivity contribution is 0.0116. The van der Waals surface area contributed by atoms with Gasteiger partial charge in [-0.05, 0) is 0 Å². The summed E-state index contributed by atoms with van der Waals surface area (Å²) >= 11 is 1.21. The average Bonchev–Trinajstić information content (AvgIpc) is 2.53. The molecule has 0 saturated carbocycles. The summed E-state index contributed by atoms with van der Waals surface area (Å²) in [5, 5.41) is 10.0. The van der Waals surface area contributed by atoms with E-state index in [0.29, 0.717) is 5.13 Å². The summed E-state index contributed by atoms with van der Waals surface area (Å²) < 4.78 is 25.3. The number of alkyl halides is 2. The van der Waals surface area contributed by atoms with Gasteiger partial charge in [0.2, 0.25) is 5.13 Å². The van der Waals surface area contributed by atoms with Crippen LogP contribution in [0.2, 0.25) is 0 Å². The van der Waals surface area contributed by atoms with Gasteiger partial charge >= 0.3 is 0 Å². The van der Waals surface area contributed by atoms with Gasteiger partial charge in [-0.15, -0.1) is 10.2 Å². The number of aromatic nitrogens is 2. The van der Waals surface area contributed by atoms with Crippen LogP contribution in [0.25, 0.3) is 0 Å². The molecule has 0 bridgehead atoms. The van der Waals surface area contributed by atoms with Crippen LogP contribution in [0.5, 0.6) is 0 Å². The third-order valence-corrected chi connectivity index (χ3v) is 2.02. The predicted octanol–water partition coefficient (Wildman–Crippen LogP) is 2.00. The van der Waals surface area contributed by atoms with Crippen molar-refractivity contribution in [3.63, 3.8) is 0 Å². The van der Waals surface area contributed by atoms with Crippen molar-refractivity contribution in [2.24, 2.45) is 0 Å². The first-order valence-electron chi connectivity index (χ1n) is 3.52. The molecule has 3 nitrogen and oxygen atoms in total. The second-order valence-corrected chi connectivity index (χ2v) is 3.14.